The molecular weight excluding hydrogens is 232 g/mol. The Hall–Kier alpha value is -1.39. The molecule has 0 atom stereocenters. The lowest BCUT2D eigenvalue weighted by atomic mass is 9.83. The Morgan fingerprint density at radius 1 is 1.39 bits per heavy atom. The Labute approximate surface area is 107 Å². The molecule has 5 nitrogen and oxygen atoms in total. The molecule has 0 saturated heterocycles. The first kappa shape index (κ1) is 13.1. The molecule has 0 aromatic carbocycles. The number of aliphatic carboxylic acids is 1. The first-order valence-electron chi connectivity index (χ1n) is 6.48. The smallest absolute Gasteiger partial charge is 0.303 e. The summed E-state index contributed by atoms with van der Waals surface area (Å²) in [6.45, 7) is 3.80. The van der Waals surface area contributed by atoms with Crippen molar-refractivity contribution >= 4 is 5.97 Å². The molecule has 0 unspecified atom stereocenters. The fourth-order valence-electron chi connectivity index (χ4n) is 2.27. The highest BCUT2D eigenvalue weighted by atomic mass is 16.4. The van der Waals surface area contributed by atoms with Crippen molar-refractivity contribution in [1.82, 2.24) is 10.2 Å². The predicted molar refractivity (Wildman–Crippen MR) is 65.1 cm³/mol. The maximum Gasteiger partial charge on any atom is 0.303 e. The highest BCUT2D eigenvalue weighted by molar-refractivity contribution is 5.67. The first-order valence-corrected chi connectivity index (χ1v) is 6.48. The molecule has 1 aromatic rings. The zero-order valence-electron chi connectivity index (χ0n) is 11.0. The van der Waals surface area contributed by atoms with Crippen LogP contribution in [0, 0.1) is 11.3 Å². The second-order valence-corrected chi connectivity index (χ2v) is 6.00. The first-order chi connectivity index (χ1) is 8.44. The van der Waals surface area contributed by atoms with E-state index in [0.717, 1.165) is 6.42 Å². The van der Waals surface area contributed by atoms with Crippen LogP contribution in [0.5, 0.6) is 0 Å². The van der Waals surface area contributed by atoms with Gasteiger partial charge in [0.2, 0.25) is 11.8 Å². The number of carboxylic acid groups (broad SMARTS) is 1. The van der Waals surface area contributed by atoms with Crippen molar-refractivity contribution in [1.29, 1.82) is 0 Å². The Morgan fingerprint density at radius 2 is 2.06 bits per heavy atom. The average molecular weight is 252 g/mol. The van der Waals surface area contributed by atoms with Crippen LogP contribution in [0.25, 0.3) is 0 Å². The van der Waals surface area contributed by atoms with Gasteiger partial charge in [0.15, 0.2) is 0 Å². The lowest BCUT2D eigenvalue weighted by molar-refractivity contribution is -0.139. The maximum atomic E-state index is 10.7. The highest BCUT2D eigenvalue weighted by Crippen LogP contribution is 2.30. The Balaban J connectivity index is 1.90. The summed E-state index contributed by atoms with van der Waals surface area (Å²) < 4.78 is 5.59. The largest absolute Gasteiger partial charge is 0.481 e. The number of hydrogen-bond acceptors (Lipinski definition) is 4. The summed E-state index contributed by atoms with van der Waals surface area (Å²) in [6, 6.07) is 0. The Kier molecular flexibility index (Phi) is 3.68. The van der Waals surface area contributed by atoms with Gasteiger partial charge in [-0.25, -0.2) is 0 Å². The molecule has 0 amide bonds. The molecule has 2 rings (SSSR count). The minimum Gasteiger partial charge on any atom is -0.481 e. The summed E-state index contributed by atoms with van der Waals surface area (Å²) in [7, 11) is 0. The highest BCUT2D eigenvalue weighted by Gasteiger charge is 2.26. The van der Waals surface area contributed by atoms with Gasteiger partial charge >= 0.3 is 5.97 Å². The van der Waals surface area contributed by atoms with Crippen LogP contribution in [-0.4, -0.2) is 21.3 Å². The normalized spacial score (nSPS) is 16.6. The number of aromatic nitrogens is 2. The third kappa shape index (κ3) is 3.55. The third-order valence-electron chi connectivity index (χ3n) is 3.46. The minimum absolute atomic E-state index is 0.105. The van der Waals surface area contributed by atoms with E-state index < -0.39 is 5.97 Å². The molecule has 1 N–H and O–H groups in total. The van der Waals surface area contributed by atoms with Crippen LogP contribution in [0.4, 0.5) is 0 Å². The molecule has 1 heterocycles. The van der Waals surface area contributed by atoms with Crippen LogP contribution < -0.4 is 0 Å². The van der Waals surface area contributed by atoms with Crippen LogP contribution in [0.15, 0.2) is 4.42 Å². The van der Waals surface area contributed by atoms with E-state index in [1.807, 2.05) is 13.8 Å². The number of nitrogens with zero attached hydrogens (tertiary/aromatic N) is 2. The standard InChI is InChI=1S/C13H20N2O3/c1-13(2,8-12(16)17)7-11-15-14-10(18-11)6-9-4-3-5-9/h9H,3-8H2,1-2H3,(H,16,17). The second-order valence-electron chi connectivity index (χ2n) is 6.00. The molecule has 1 saturated carbocycles. The number of rotatable bonds is 6. The van der Waals surface area contributed by atoms with Crippen molar-refractivity contribution in [3.63, 3.8) is 0 Å². The van der Waals surface area contributed by atoms with Crippen molar-refractivity contribution in [3.8, 4) is 0 Å². The fourth-order valence-corrected chi connectivity index (χ4v) is 2.27. The van der Waals surface area contributed by atoms with Gasteiger partial charge in [-0.1, -0.05) is 20.3 Å². The van der Waals surface area contributed by atoms with Gasteiger partial charge in [-0.15, -0.1) is 10.2 Å². The molecule has 1 aromatic heterocycles. The van der Waals surface area contributed by atoms with E-state index in [2.05, 4.69) is 10.2 Å². The molecule has 1 fully saturated rings. The molecular formula is C13H20N2O3. The zero-order valence-corrected chi connectivity index (χ0v) is 11.0. The molecule has 1 aliphatic rings. The van der Waals surface area contributed by atoms with E-state index >= 15 is 0 Å². The summed E-state index contributed by atoms with van der Waals surface area (Å²) in [5.74, 6) is 1.15. The monoisotopic (exact) mass is 252 g/mol. The van der Waals surface area contributed by atoms with E-state index in [1.54, 1.807) is 0 Å². The summed E-state index contributed by atoms with van der Waals surface area (Å²) in [5, 5.41) is 16.9. The molecule has 18 heavy (non-hydrogen) atoms. The third-order valence-corrected chi connectivity index (χ3v) is 3.46. The van der Waals surface area contributed by atoms with Crippen LogP contribution in [0.2, 0.25) is 0 Å². The van der Waals surface area contributed by atoms with Gasteiger partial charge in [-0.3, -0.25) is 4.79 Å². The number of carbonyl (C=O) groups is 1. The summed E-state index contributed by atoms with van der Waals surface area (Å²) >= 11 is 0. The van der Waals surface area contributed by atoms with E-state index in [0.29, 0.717) is 24.1 Å². The second kappa shape index (κ2) is 5.08. The van der Waals surface area contributed by atoms with Crippen molar-refractivity contribution in [2.75, 3.05) is 0 Å². The Morgan fingerprint density at radius 3 is 2.61 bits per heavy atom. The minimum atomic E-state index is -0.797. The lowest BCUT2D eigenvalue weighted by Gasteiger charge is -2.23. The molecule has 0 bridgehead atoms. The number of hydrogen-bond donors (Lipinski definition) is 1. The quantitative estimate of drug-likeness (QED) is 0.841. The van der Waals surface area contributed by atoms with Gasteiger partial charge in [0, 0.05) is 12.8 Å². The van der Waals surface area contributed by atoms with Gasteiger partial charge in [-0.05, 0) is 24.2 Å². The molecule has 1 aliphatic carbocycles. The summed E-state index contributed by atoms with van der Waals surface area (Å²) in [6.07, 6.45) is 5.29. The summed E-state index contributed by atoms with van der Waals surface area (Å²) in [4.78, 5) is 10.7. The Bertz CT molecular complexity index is 422. The van der Waals surface area contributed by atoms with E-state index in [9.17, 15) is 4.79 Å². The fraction of sp³-hybridized carbons (Fsp3) is 0.769. The van der Waals surface area contributed by atoms with Gasteiger partial charge < -0.3 is 9.52 Å². The van der Waals surface area contributed by atoms with E-state index in [1.165, 1.54) is 19.3 Å². The van der Waals surface area contributed by atoms with E-state index in [-0.39, 0.29) is 11.8 Å². The van der Waals surface area contributed by atoms with Gasteiger partial charge in [0.1, 0.15) is 0 Å². The molecule has 100 valence electrons. The van der Waals surface area contributed by atoms with Crippen molar-refractivity contribution in [3.05, 3.63) is 11.8 Å². The number of carboxylic acids is 1. The molecule has 0 spiro atoms. The van der Waals surface area contributed by atoms with Gasteiger partial charge in [0.25, 0.3) is 0 Å². The van der Waals surface area contributed by atoms with Gasteiger partial charge in [-0.2, -0.15) is 0 Å². The van der Waals surface area contributed by atoms with Crippen LogP contribution in [-0.2, 0) is 17.6 Å². The van der Waals surface area contributed by atoms with E-state index in [4.69, 9.17) is 9.52 Å². The van der Waals surface area contributed by atoms with Crippen LogP contribution in [0.3, 0.4) is 0 Å². The van der Waals surface area contributed by atoms with Crippen molar-refractivity contribution in [2.24, 2.45) is 11.3 Å². The predicted octanol–water partition coefficient (Wildman–Crippen LogP) is 2.46. The maximum absolute atomic E-state index is 10.7. The lowest BCUT2D eigenvalue weighted by Crippen LogP contribution is -2.19. The zero-order chi connectivity index (χ0) is 13.2. The van der Waals surface area contributed by atoms with Crippen LogP contribution in [0.1, 0.15) is 51.3 Å². The molecule has 5 heteroatoms. The SMILES string of the molecule is CC(C)(CC(=O)O)Cc1nnc(CC2CCC2)o1. The van der Waals surface area contributed by atoms with Crippen molar-refractivity contribution in [2.45, 2.75) is 52.4 Å². The topological polar surface area (TPSA) is 76.2 Å². The average Bonchev–Trinajstić information content (AvgIpc) is 2.56. The van der Waals surface area contributed by atoms with Crippen molar-refractivity contribution < 1.29 is 14.3 Å². The summed E-state index contributed by atoms with van der Waals surface area (Å²) in [5.41, 5.74) is -0.355. The van der Waals surface area contributed by atoms with Gasteiger partial charge in [0.05, 0.1) is 6.42 Å². The molecule has 0 radical (unpaired) electrons. The van der Waals surface area contributed by atoms with Crippen LogP contribution >= 0.6 is 0 Å². The molecule has 0 aliphatic heterocycles.